The van der Waals surface area contributed by atoms with E-state index in [1.54, 1.807) is 0 Å². The number of likely N-dealkylation sites (tertiary alicyclic amines) is 1. The van der Waals surface area contributed by atoms with Gasteiger partial charge in [0.05, 0.1) is 0 Å². The zero-order valence-corrected chi connectivity index (χ0v) is 20.8. The maximum Gasteiger partial charge on any atom is 0.315 e. The minimum absolute atomic E-state index is 0.0249. The fourth-order valence-electron chi connectivity index (χ4n) is 4.89. The molecule has 182 valence electrons. The third kappa shape index (κ3) is 4.99. The van der Waals surface area contributed by atoms with Crippen molar-refractivity contribution in [3.8, 4) is 11.1 Å². The van der Waals surface area contributed by atoms with Gasteiger partial charge < -0.3 is 14.7 Å². The van der Waals surface area contributed by atoms with E-state index in [1.807, 2.05) is 12.4 Å². The molecule has 7 nitrogen and oxygen atoms in total. The molecule has 2 fully saturated rings. The van der Waals surface area contributed by atoms with Gasteiger partial charge in [-0.2, -0.15) is 4.98 Å². The Labute approximate surface area is 206 Å². The molecule has 0 unspecified atom stereocenters. The first-order valence-electron chi connectivity index (χ1n) is 12.5. The van der Waals surface area contributed by atoms with Gasteiger partial charge in [0.1, 0.15) is 0 Å². The number of amides is 1. The summed E-state index contributed by atoms with van der Waals surface area (Å²) in [6.45, 7) is 8.77. The number of pyridine rings is 1. The Kier molecular flexibility index (Phi) is 6.41. The molecule has 35 heavy (non-hydrogen) atoms. The molecule has 0 radical (unpaired) electrons. The van der Waals surface area contributed by atoms with Crippen LogP contribution in [0.2, 0.25) is 0 Å². The first-order chi connectivity index (χ1) is 17.0. The van der Waals surface area contributed by atoms with Crippen LogP contribution in [-0.2, 0) is 12.0 Å². The van der Waals surface area contributed by atoms with Crippen molar-refractivity contribution in [2.24, 2.45) is 0 Å². The molecule has 2 aliphatic rings. The van der Waals surface area contributed by atoms with Crippen molar-refractivity contribution in [3.05, 3.63) is 77.3 Å². The molecule has 1 amide bonds. The zero-order chi connectivity index (χ0) is 24.4. The number of hydrogen-bond donors (Lipinski definition) is 1. The highest BCUT2D eigenvalue weighted by Crippen LogP contribution is 2.45. The number of allylic oxidation sites excluding steroid dienone is 1. The van der Waals surface area contributed by atoms with Crippen molar-refractivity contribution in [3.63, 3.8) is 0 Å². The number of piperidine rings is 1. The van der Waals surface area contributed by atoms with Crippen molar-refractivity contribution < 1.29 is 9.32 Å². The van der Waals surface area contributed by atoms with E-state index in [1.165, 1.54) is 29.5 Å². The number of hydrogen-bond acceptors (Lipinski definition) is 6. The summed E-state index contributed by atoms with van der Waals surface area (Å²) in [7, 11) is 0. The Balaban J connectivity index is 1.29. The molecule has 3 aromatic rings. The van der Waals surface area contributed by atoms with Crippen LogP contribution in [0, 0.1) is 6.92 Å². The fraction of sp³-hybridized carbons (Fsp3) is 0.429. The fourth-order valence-corrected chi connectivity index (χ4v) is 4.89. The Hall–Kier alpha value is -3.48. The van der Waals surface area contributed by atoms with E-state index in [4.69, 9.17) is 4.52 Å². The Morgan fingerprint density at radius 1 is 1.31 bits per heavy atom. The third-order valence-corrected chi connectivity index (χ3v) is 7.36. The van der Waals surface area contributed by atoms with Gasteiger partial charge in [0.25, 0.3) is 0 Å². The molecule has 7 heteroatoms. The number of carbonyl (C=O) groups is 1. The van der Waals surface area contributed by atoms with Gasteiger partial charge in [-0.25, -0.2) is 0 Å². The van der Waals surface area contributed by atoms with Crippen molar-refractivity contribution in [2.45, 2.75) is 64.3 Å². The predicted molar refractivity (Wildman–Crippen MR) is 135 cm³/mol. The first-order valence-corrected chi connectivity index (χ1v) is 12.5. The number of nitrogens with one attached hydrogen (secondary N) is 1. The van der Waals surface area contributed by atoms with Crippen LogP contribution >= 0.6 is 0 Å². The van der Waals surface area contributed by atoms with Gasteiger partial charge in [-0.15, -0.1) is 0 Å². The molecule has 1 N–H and O–H groups in total. The summed E-state index contributed by atoms with van der Waals surface area (Å²) in [5, 5.41) is 6.91. The molecule has 1 aromatic carbocycles. The Morgan fingerprint density at radius 3 is 2.94 bits per heavy atom. The van der Waals surface area contributed by atoms with Crippen LogP contribution in [-0.4, -0.2) is 39.0 Å². The van der Waals surface area contributed by atoms with Gasteiger partial charge in [0.2, 0.25) is 0 Å². The maximum atomic E-state index is 12.5. The van der Waals surface area contributed by atoms with E-state index in [0.717, 1.165) is 37.1 Å². The average Bonchev–Trinajstić information content (AvgIpc) is 3.41. The molecule has 3 heterocycles. The zero-order valence-electron chi connectivity index (χ0n) is 20.8. The van der Waals surface area contributed by atoms with Gasteiger partial charge in [0, 0.05) is 43.4 Å². The third-order valence-electron chi connectivity index (χ3n) is 7.36. The summed E-state index contributed by atoms with van der Waals surface area (Å²) >= 11 is 0. The smallest absolute Gasteiger partial charge is 0.315 e. The molecular formula is C28H33N5O2. The maximum absolute atomic E-state index is 12.5. The van der Waals surface area contributed by atoms with E-state index in [2.05, 4.69) is 82.7 Å². The van der Waals surface area contributed by atoms with E-state index in [0.29, 0.717) is 18.3 Å². The Bertz CT molecular complexity index is 1240. The molecule has 1 aliphatic carbocycles. The van der Waals surface area contributed by atoms with Crippen molar-refractivity contribution in [1.29, 1.82) is 0 Å². The summed E-state index contributed by atoms with van der Waals surface area (Å²) in [6.07, 6.45) is 12.6. The van der Waals surface area contributed by atoms with Gasteiger partial charge in [0.15, 0.2) is 5.82 Å². The quantitative estimate of drug-likeness (QED) is 0.514. The van der Waals surface area contributed by atoms with Gasteiger partial charge in [-0.05, 0) is 79.6 Å². The molecule has 1 saturated heterocycles. The summed E-state index contributed by atoms with van der Waals surface area (Å²) < 4.78 is 5.20. The molecule has 2 aromatic heterocycles. The average molecular weight is 472 g/mol. The summed E-state index contributed by atoms with van der Waals surface area (Å²) in [4.78, 5) is 23.7. The highest BCUT2D eigenvalue weighted by Gasteiger charge is 2.44. The summed E-state index contributed by atoms with van der Waals surface area (Å²) in [5.74, 6) is 0.780. The predicted octanol–water partition coefficient (Wildman–Crippen LogP) is 5.13. The molecule has 1 saturated carbocycles. The topological polar surface area (TPSA) is 84.2 Å². The standard InChI is InChI=1S/C28H33N5O2/c1-4-13-33-14-5-6-22(18-33)24-17-29-12-9-23(24)20-7-8-21(19(2)15-20)16-30-25(34)26-31-27(32-35-26)28(3)10-11-28/h4,7-9,12-13,15,17,22H,5-6,10-11,14,16,18H2,1-3H3,(H,30,34)/t22-/m0/s1. The largest absolute Gasteiger partial charge is 0.377 e. The molecule has 0 spiro atoms. The number of benzene rings is 1. The second-order valence-corrected chi connectivity index (χ2v) is 10.1. The minimum Gasteiger partial charge on any atom is -0.377 e. The summed E-state index contributed by atoms with van der Waals surface area (Å²) in [6, 6.07) is 8.55. The van der Waals surface area contributed by atoms with E-state index in [9.17, 15) is 4.79 Å². The van der Waals surface area contributed by atoms with E-state index in [-0.39, 0.29) is 17.2 Å². The summed E-state index contributed by atoms with van der Waals surface area (Å²) in [5.41, 5.74) is 5.88. The molecule has 0 bridgehead atoms. The van der Waals surface area contributed by atoms with E-state index < -0.39 is 0 Å². The Morgan fingerprint density at radius 2 is 2.17 bits per heavy atom. The second-order valence-electron chi connectivity index (χ2n) is 10.1. The number of nitrogens with zero attached hydrogens (tertiary/aromatic N) is 4. The minimum atomic E-state index is -0.337. The van der Waals surface area contributed by atoms with Crippen LogP contribution in [0.15, 0.2) is 53.5 Å². The number of rotatable bonds is 7. The van der Waals surface area contributed by atoms with Crippen LogP contribution in [0.4, 0.5) is 0 Å². The number of aromatic nitrogens is 3. The van der Waals surface area contributed by atoms with Crippen LogP contribution < -0.4 is 5.32 Å². The van der Waals surface area contributed by atoms with Crippen LogP contribution in [0.3, 0.4) is 0 Å². The molecule has 1 atom stereocenters. The molecule has 1 aliphatic heterocycles. The van der Waals surface area contributed by atoms with Gasteiger partial charge in [-0.3, -0.25) is 9.78 Å². The van der Waals surface area contributed by atoms with E-state index >= 15 is 0 Å². The lowest BCUT2D eigenvalue weighted by atomic mass is 9.86. The van der Waals surface area contributed by atoms with Crippen LogP contribution in [0.5, 0.6) is 0 Å². The second kappa shape index (κ2) is 9.64. The molecular weight excluding hydrogens is 438 g/mol. The van der Waals surface area contributed by atoms with Crippen molar-refractivity contribution in [2.75, 3.05) is 13.1 Å². The van der Waals surface area contributed by atoms with Crippen molar-refractivity contribution in [1.82, 2.24) is 25.3 Å². The van der Waals surface area contributed by atoms with Gasteiger partial charge >= 0.3 is 11.8 Å². The van der Waals surface area contributed by atoms with Crippen molar-refractivity contribution >= 4 is 5.91 Å². The molecule has 5 rings (SSSR count). The number of carbonyl (C=O) groups excluding carboxylic acids is 1. The van der Waals surface area contributed by atoms with Crippen LogP contribution in [0.25, 0.3) is 11.1 Å². The monoisotopic (exact) mass is 471 g/mol. The van der Waals surface area contributed by atoms with Crippen LogP contribution in [0.1, 0.15) is 78.6 Å². The highest BCUT2D eigenvalue weighted by atomic mass is 16.5. The normalized spacial score (nSPS) is 19.2. The number of aryl methyl sites for hydroxylation is 1. The lowest BCUT2D eigenvalue weighted by Gasteiger charge is -2.33. The lowest BCUT2D eigenvalue weighted by Crippen LogP contribution is -2.30. The highest BCUT2D eigenvalue weighted by molar-refractivity contribution is 5.89. The van der Waals surface area contributed by atoms with Gasteiger partial charge in [-0.1, -0.05) is 36.4 Å². The first kappa shape index (κ1) is 23.3. The lowest BCUT2D eigenvalue weighted by molar-refractivity contribution is 0.0907. The SMILES string of the molecule is CC=CN1CCC[C@H](c2cnccc2-c2ccc(CNC(=O)c3nc(C4(C)CC4)no3)c(C)c2)C1.